The van der Waals surface area contributed by atoms with Crippen LogP contribution in [0.5, 0.6) is 0 Å². The van der Waals surface area contributed by atoms with Crippen LogP contribution in [0.4, 0.5) is 11.5 Å². The molecule has 1 amide bonds. The van der Waals surface area contributed by atoms with Crippen molar-refractivity contribution in [2.45, 2.75) is 6.92 Å². The van der Waals surface area contributed by atoms with Crippen molar-refractivity contribution in [1.82, 2.24) is 4.98 Å². The van der Waals surface area contributed by atoms with Crippen LogP contribution < -0.4 is 11.1 Å². The number of nitrogens with two attached hydrogens (primary N) is 1. The molecule has 0 fully saturated rings. The minimum atomic E-state index is -0.121. The number of nitrogens with zero attached hydrogens (tertiary/aromatic N) is 1. The van der Waals surface area contributed by atoms with E-state index in [2.05, 4.69) is 10.3 Å². The molecule has 0 aliphatic rings. The second-order valence-electron chi connectivity index (χ2n) is 3.30. The molecule has 3 N–H and O–H groups in total. The predicted molar refractivity (Wildman–Crippen MR) is 65.7 cm³/mol. The van der Waals surface area contributed by atoms with E-state index < -0.39 is 0 Å². The highest BCUT2D eigenvalue weighted by molar-refractivity contribution is 7.12. The van der Waals surface area contributed by atoms with E-state index in [0.717, 1.165) is 0 Å². The highest BCUT2D eigenvalue weighted by atomic mass is 32.1. The van der Waals surface area contributed by atoms with Crippen molar-refractivity contribution in [3.05, 3.63) is 40.2 Å². The van der Waals surface area contributed by atoms with Gasteiger partial charge in [0.1, 0.15) is 5.82 Å². The number of amides is 1. The Balaban J connectivity index is 2.18. The number of hydrogen-bond acceptors (Lipinski definition) is 4. The number of nitrogen functional groups attached to an aromatic ring is 1. The Morgan fingerprint density at radius 3 is 2.88 bits per heavy atom. The van der Waals surface area contributed by atoms with Crippen LogP contribution in [0.25, 0.3) is 0 Å². The quantitative estimate of drug-likeness (QED) is 0.836. The average molecular weight is 233 g/mol. The Hall–Kier alpha value is -1.88. The number of thiophene rings is 1. The van der Waals surface area contributed by atoms with Crippen LogP contribution in [0.2, 0.25) is 0 Å². The summed E-state index contributed by atoms with van der Waals surface area (Å²) >= 11 is 1.40. The van der Waals surface area contributed by atoms with Gasteiger partial charge in [0.05, 0.1) is 16.3 Å². The monoisotopic (exact) mass is 233 g/mol. The fourth-order valence-electron chi connectivity index (χ4n) is 1.30. The van der Waals surface area contributed by atoms with Crippen LogP contribution in [-0.4, -0.2) is 10.9 Å². The predicted octanol–water partition coefficient (Wildman–Crippen LogP) is 2.29. The molecule has 0 saturated heterocycles. The summed E-state index contributed by atoms with van der Waals surface area (Å²) < 4.78 is 0. The lowest BCUT2D eigenvalue weighted by atomic mass is 10.3. The van der Waals surface area contributed by atoms with E-state index in [1.807, 2.05) is 11.4 Å². The third kappa shape index (κ3) is 2.20. The topological polar surface area (TPSA) is 68.0 Å². The summed E-state index contributed by atoms with van der Waals surface area (Å²) in [7, 11) is 0. The van der Waals surface area contributed by atoms with Gasteiger partial charge in [-0.1, -0.05) is 6.07 Å². The Kier molecular flexibility index (Phi) is 2.87. The fraction of sp³-hybridized carbons (Fsp3) is 0.0909. The van der Waals surface area contributed by atoms with E-state index in [1.54, 1.807) is 25.1 Å². The van der Waals surface area contributed by atoms with E-state index in [9.17, 15) is 4.79 Å². The summed E-state index contributed by atoms with van der Waals surface area (Å²) in [5.74, 6) is 0.330. The van der Waals surface area contributed by atoms with Gasteiger partial charge in [-0.05, 0) is 30.5 Å². The van der Waals surface area contributed by atoms with E-state index in [1.165, 1.54) is 11.3 Å². The minimum Gasteiger partial charge on any atom is -0.384 e. The number of rotatable bonds is 2. The zero-order valence-electron chi connectivity index (χ0n) is 8.73. The largest absolute Gasteiger partial charge is 0.384 e. The highest BCUT2D eigenvalue weighted by Gasteiger charge is 2.08. The molecular formula is C11H11N3OS. The van der Waals surface area contributed by atoms with Crippen LogP contribution in [0, 0.1) is 6.92 Å². The number of anilines is 2. The van der Waals surface area contributed by atoms with Gasteiger partial charge in [-0.3, -0.25) is 4.79 Å². The summed E-state index contributed by atoms with van der Waals surface area (Å²) in [5.41, 5.74) is 6.93. The van der Waals surface area contributed by atoms with Gasteiger partial charge >= 0.3 is 0 Å². The number of carbonyl (C=O) groups is 1. The van der Waals surface area contributed by atoms with Gasteiger partial charge in [-0.25, -0.2) is 4.98 Å². The summed E-state index contributed by atoms with van der Waals surface area (Å²) in [5, 5.41) is 4.66. The van der Waals surface area contributed by atoms with Crippen molar-refractivity contribution in [3.8, 4) is 0 Å². The van der Waals surface area contributed by atoms with Crippen LogP contribution in [0.15, 0.2) is 29.6 Å². The van der Waals surface area contributed by atoms with Gasteiger partial charge in [0, 0.05) is 0 Å². The number of aromatic nitrogens is 1. The third-order valence-corrected chi connectivity index (χ3v) is 2.97. The van der Waals surface area contributed by atoms with Crippen molar-refractivity contribution in [2.24, 2.45) is 0 Å². The lowest BCUT2D eigenvalue weighted by Crippen LogP contribution is -2.11. The maximum Gasteiger partial charge on any atom is 0.265 e. The molecule has 2 aromatic heterocycles. The molecule has 0 aliphatic heterocycles. The lowest BCUT2D eigenvalue weighted by Gasteiger charge is -2.06. The maximum absolute atomic E-state index is 11.8. The number of hydrogen-bond donors (Lipinski definition) is 2. The highest BCUT2D eigenvalue weighted by Crippen LogP contribution is 2.16. The van der Waals surface area contributed by atoms with Gasteiger partial charge in [-0.2, -0.15) is 0 Å². The first-order valence-corrected chi connectivity index (χ1v) is 5.63. The van der Waals surface area contributed by atoms with Crippen molar-refractivity contribution in [2.75, 3.05) is 11.1 Å². The second-order valence-corrected chi connectivity index (χ2v) is 4.25. The molecule has 82 valence electrons. The fourth-order valence-corrected chi connectivity index (χ4v) is 1.92. The molecule has 0 bridgehead atoms. The molecule has 2 heterocycles. The molecule has 0 atom stereocenters. The van der Waals surface area contributed by atoms with Gasteiger partial charge < -0.3 is 11.1 Å². The van der Waals surface area contributed by atoms with Gasteiger partial charge in [0.15, 0.2) is 0 Å². The van der Waals surface area contributed by atoms with E-state index in [0.29, 0.717) is 22.1 Å². The number of carbonyl (C=O) groups excluding carboxylic acids is 1. The molecule has 2 aromatic rings. The van der Waals surface area contributed by atoms with Crippen LogP contribution >= 0.6 is 11.3 Å². The molecule has 0 aliphatic carbocycles. The lowest BCUT2D eigenvalue weighted by molar-refractivity contribution is 0.103. The SMILES string of the molecule is Cc1nc(N)ccc1NC(=O)c1cccs1. The van der Waals surface area contributed by atoms with Crippen molar-refractivity contribution < 1.29 is 4.79 Å². The van der Waals surface area contributed by atoms with Crippen LogP contribution in [0.3, 0.4) is 0 Å². The van der Waals surface area contributed by atoms with Crippen molar-refractivity contribution in [1.29, 1.82) is 0 Å². The Morgan fingerprint density at radius 2 is 2.25 bits per heavy atom. The first-order chi connectivity index (χ1) is 7.66. The first-order valence-electron chi connectivity index (χ1n) is 4.75. The zero-order chi connectivity index (χ0) is 11.5. The Morgan fingerprint density at radius 1 is 1.44 bits per heavy atom. The summed E-state index contributed by atoms with van der Waals surface area (Å²) in [6.07, 6.45) is 0. The summed E-state index contributed by atoms with van der Waals surface area (Å²) in [4.78, 5) is 16.5. The maximum atomic E-state index is 11.8. The van der Waals surface area contributed by atoms with E-state index >= 15 is 0 Å². The van der Waals surface area contributed by atoms with Gasteiger partial charge in [-0.15, -0.1) is 11.3 Å². The second kappa shape index (κ2) is 4.32. The van der Waals surface area contributed by atoms with E-state index in [4.69, 9.17) is 5.73 Å². The number of aryl methyl sites for hydroxylation is 1. The standard InChI is InChI=1S/C11H11N3OS/c1-7-8(4-5-10(12)13-7)14-11(15)9-3-2-6-16-9/h2-6H,1H3,(H2,12,13)(H,14,15). The molecule has 0 radical (unpaired) electrons. The number of pyridine rings is 1. The Labute approximate surface area is 97.1 Å². The van der Waals surface area contributed by atoms with Crippen LogP contribution in [0.1, 0.15) is 15.4 Å². The van der Waals surface area contributed by atoms with Crippen molar-refractivity contribution >= 4 is 28.7 Å². The molecule has 0 spiro atoms. The number of nitrogens with one attached hydrogen (secondary N) is 1. The normalized spacial score (nSPS) is 10.1. The molecule has 0 aromatic carbocycles. The third-order valence-electron chi connectivity index (χ3n) is 2.10. The summed E-state index contributed by atoms with van der Waals surface area (Å²) in [6.45, 7) is 1.81. The van der Waals surface area contributed by atoms with Gasteiger partial charge in [0.2, 0.25) is 0 Å². The zero-order valence-corrected chi connectivity index (χ0v) is 9.54. The minimum absolute atomic E-state index is 0.121. The van der Waals surface area contributed by atoms with Crippen LogP contribution in [-0.2, 0) is 0 Å². The molecule has 16 heavy (non-hydrogen) atoms. The molecule has 2 rings (SSSR count). The molecule has 4 nitrogen and oxygen atoms in total. The van der Waals surface area contributed by atoms with E-state index in [-0.39, 0.29) is 5.91 Å². The first kappa shape index (κ1) is 10.6. The van der Waals surface area contributed by atoms with Crippen molar-refractivity contribution in [3.63, 3.8) is 0 Å². The van der Waals surface area contributed by atoms with Gasteiger partial charge in [0.25, 0.3) is 5.91 Å². The molecular weight excluding hydrogens is 222 g/mol. The molecule has 5 heteroatoms. The Bertz CT molecular complexity index is 508. The molecule has 0 unspecified atom stereocenters. The average Bonchev–Trinajstić information content (AvgIpc) is 2.75. The summed E-state index contributed by atoms with van der Waals surface area (Å²) in [6, 6.07) is 7.04. The molecule has 0 saturated carbocycles. The smallest absolute Gasteiger partial charge is 0.265 e.